The van der Waals surface area contributed by atoms with Gasteiger partial charge in [-0.25, -0.2) is 4.98 Å². The molecule has 2 rings (SSSR count). The average molecular weight is 322 g/mol. The fourth-order valence-corrected chi connectivity index (χ4v) is 6.88. The van der Waals surface area contributed by atoms with Crippen LogP contribution in [0.5, 0.6) is 0 Å². The number of hydrogen-bond donors (Lipinski definition) is 1. The predicted octanol–water partition coefficient (Wildman–Crippen LogP) is 2.67. The number of nitrogens with two attached hydrogens (primary N) is 1. The monoisotopic (exact) mass is 322 g/mol. The number of pyridine rings is 1. The molecule has 0 atom stereocenters. The van der Waals surface area contributed by atoms with Crippen molar-refractivity contribution in [2.75, 3.05) is 26.2 Å². The van der Waals surface area contributed by atoms with Gasteiger partial charge < -0.3 is 0 Å². The zero-order chi connectivity index (χ0) is 16.3. The van der Waals surface area contributed by atoms with E-state index < -0.39 is 7.71 Å². The van der Waals surface area contributed by atoms with Gasteiger partial charge in [-0.05, 0) is 46.8 Å². The Kier molecular flexibility index (Phi) is 5.56. The maximum Gasteiger partial charge on any atom is 0.276 e. The first-order valence-corrected chi connectivity index (χ1v) is 9.93. The van der Waals surface area contributed by atoms with E-state index in [0.717, 1.165) is 37.5 Å². The van der Waals surface area contributed by atoms with Crippen LogP contribution in [-0.4, -0.2) is 44.9 Å². The molecule has 0 radical (unpaired) electrons. The van der Waals surface area contributed by atoms with E-state index in [-0.39, 0.29) is 0 Å². The van der Waals surface area contributed by atoms with Crippen molar-refractivity contribution in [1.29, 1.82) is 0 Å². The Labute approximate surface area is 134 Å². The second-order valence-electron chi connectivity index (χ2n) is 5.38. The second-order valence-corrected chi connectivity index (χ2v) is 8.23. The molecule has 2 heterocycles. The normalized spacial score (nSPS) is 12.7. The third-order valence-electron chi connectivity index (χ3n) is 4.31. The number of aryl methyl sites for hydroxylation is 1. The smallest absolute Gasteiger partial charge is 0.266 e. The van der Waals surface area contributed by atoms with Gasteiger partial charge in [-0.2, -0.15) is 5.50 Å². The summed E-state index contributed by atoms with van der Waals surface area (Å²) < 4.78 is 7.02. The largest absolute Gasteiger partial charge is 0.276 e. The molecule has 0 fully saturated rings. The van der Waals surface area contributed by atoms with Gasteiger partial charge in [0.15, 0.2) is 0 Å². The van der Waals surface area contributed by atoms with Crippen LogP contribution < -0.4 is 10.9 Å². The van der Waals surface area contributed by atoms with Crippen LogP contribution in [-0.2, 0) is 0 Å². The van der Waals surface area contributed by atoms with E-state index in [1.165, 1.54) is 5.44 Å². The van der Waals surface area contributed by atoms with Gasteiger partial charge in [0.05, 0.1) is 0 Å². The minimum Gasteiger partial charge on any atom is -0.266 e. The van der Waals surface area contributed by atoms with Crippen molar-refractivity contribution in [3.8, 4) is 0 Å². The molecule has 0 spiro atoms. The third kappa shape index (κ3) is 2.67. The lowest BCUT2D eigenvalue weighted by atomic mass is 10.5. The molecule has 2 aromatic rings. The summed E-state index contributed by atoms with van der Waals surface area (Å²) >= 11 is 0. The lowest BCUT2D eigenvalue weighted by molar-refractivity contribution is 0.412. The first-order chi connectivity index (χ1) is 10.5. The van der Waals surface area contributed by atoms with E-state index >= 15 is 0 Å². The van der Waals surface area contributed by atoms with Crippen molar-refractivity contribution in [3.63, 3.8) is 0 Å². The highest BCUT2D eigenvalue weighted by atomic mass is 31.2. The van der Waals surface area contributed by atoms with Crippen LogP contribution in [0, 0.1) is 6.92 Å². The third-order valence-corrected chi connectivity index (χ3v) is 8.33. The summed E-state index contributed by atoms with van der Waals surface area (Å²) in [7, 11) is -2.11. The Morgan fingerprint density at radius 1 is 1.05 bits per heavy atom. The van der Waals surface area contributed by atoms with Crippen LogP contribution in [0.25, 0.3) is 5.65 Å². The van der Waals surface area contributed by atoms with Gasteiger partial charge in [-0.1, -0.05) is 6.07 Å². The molecular formula is C16H29N5P+. The van der Waals surface area contributed by atoms with E-state index in [4.69, 9.17) is 10.5 Å². The van der Waals surface area contributed by atoms with Gasteiger partial charge in [0.1, 0.15) is 11.3 Å². The topological polar surface area (TPSA) is 49.8 Å². The lowest BCUT2D eigenvalue weighted by Gasteiger charge is -2.37. The molecule has 5 nitrogen and oxygen atoms in total. The fraction of sp³-hybridized carbons (Fsp3) is 0.562. The van der Waals surface area contributed by atoms with Gasteiger partial charge in [-0.15, -0.1) is 9.34 Å². The van der Waals surface area contributed by atoms with Crippen molar-refractivity contribution in [2.45, 2.75) is 34.6 Å². The van der Waals surface area contributed by atoms with Crippen LogP contribution in [0.2, 0.25) is 0 Å². The van der Waals surface area contributed by atoms with E-state index in [1.54, 1.807) is 0 Å². The van der Waals surface area contributed by atoms with Crippen molar-refractivity contribution >= 4 is 18.8 Å². The molecule has 0 aromatic carbocycles. The van der Waals surface area contributed by atoms with Gasteiger partial charge in [0.25, 0.3) is 7.71 Å². The van der Waals surface area contributed by atoms with Crippen LogP contribution in [0.4, 0.5) is 0 Å². The van der Waals surface area contributed by atoms with Gasteiger partial charge in [-0.3, -0.25) is 4.40 Å². The van der Waals surface area contributed by atoms with E-state index in [1.807, 2.05) is 18.2 Å². The number of fused-ring (bicyclic) bond motifs is 1. The van der Waals surface area contributed by atoms with Crippen molar-refractivity contribution in [2.24, 2.45) is 5.50 Å². The summed E-state index contributed by atoms with van der Waals surface area (Å²) in [6.45, 7) is 14.6. The Morgan fingerprint density at radius 3 is 2.09 bits per heavy atom. The van der Waals surface area contributed by atoms with E-state index in [0.29, 0.717) is 0 Å². The second kappa shape index (κ2) is 7.05. The van der Waals surface area contributed by atoms with Crippen LogP contribution in [0.3, 0.4) is 0 Å². The maximum atomic E-state index is 7.16. The van der Waals surface area contributed by atoms with E-state index in [9.17, 15) is 0 Å². The zero-order valence-corrected chi connectivity index (χ0v) is 15.3. The first-order valence-electron chi connectivity index (χ1n) is 8.17. The van der Waals surface area contributed by atoms with Crippen molar-refractivity contribution < 1.29 is 0 Å². The molecule has 6 heteroatoms. The highest BCUT2D eigenvalue weighted by Crippen LogP contribution is 2.56. The maximum absolute atomic E-state index is 7.16. The number of rotatable bonds is 7. The minimum atomic E-state index is -2.11. The molecule has 0 bridgehead atoms. The average Bonchev–Trinajstić information content (AvgIpc) is 2.85. The summed E-state index contributed by atoms with van der Waals surface area (Å²) in [5.74, 6) is 0. The van der Waals surface area contributed by atoms with Crippen LogP contribution in [0.1, 0.15) is 33.4 Å². The van der Waals surface area contributed by atoms with E-state index in [2.05, 4.69) is 54.6 Å². The number of imidazole rings is 1. The molecule has 0 saturated heterocycles. The lowest BCUT2D eigenvalue weighted by Crippen LogP contribution is -2.48. The number of hydrogen-bond acceptors (Lipinski definition) is 4. The molecule has 0 aliphatic heterocycles. The Hall–Kier alpha value is -1.00. The highest BCUT2D eigenvalue weighted by Gasteiger charge is 2.51. The molecule has 122 valence electrons. The molecule has 2 aromatic heterocycles. The predicted molar refractivity (Wildman–Crippen MR) is 96.5 cm³/mol. The fourth-order valence-electron chi connectivity index (χ4n) is 3.25. The van der Waals surface area contributed by atoms with Crippen molar-refractivity contribution in [1.82, 2.24) is 18.7 Å². The molecule has 22 heavy (non-hydrogen) atoms. The Bertz CT molecular complexity index is 604. The molecule has 0 unspecified atom stereocenters. The van der Waals surface area contributed by atoms with Gasteiger partial charge in [0.2, 0.25) is 5.44 Å². The first kappa shape index (κ1) is 17.4. The van der Waals surface area contributed by atoms with Gasteiger partial charge in [0, 0.05) is 32.4 Å². The molecule has 0 aliphatic rings. The summed E-state index contributed by atoms with van der Waals surface area (Å²) in [6, 6.07) is 6.12. The Morgan fingerprint density at radius 2 is 1.59 bits per heavy atom. The van der Waals surface area contributed by atoms with Crippen LogP contribution >= 0.6 is 7.71 Å². The number of nitrogens with zero attached hydrogens (tertiary/aromatic N) is 4. The van der Waals surface area contributed by atoms with Crippen LogP contribution in [0.15, 0.2) is 24.4 Å². The Balaban J connectivity index is 2.73. The summed E-state index contributed by atoms with van der Waals surface area (Å²) in [5.41, 5.74) is 10.4. The summed E-state index contributed by atoms with van der Waals surface area (Å²) in [5, 5.41) is 0. The zero-order valence-electron chi connectivity index (χ0n) is 14.5. The molecule has 0 saturated carbocycles. The standard InChI is InChI=1S/C16H29N5P/c1-6-19(7-2)22(17,20(8-3)9-4)16-14(5)18-15-12-10-11-13-21(15)16/h10-13H,6-9,17H2,1-5H3/q+1. The summed E-state index contributed by atoms with van der Waals surface area (Å²) in [4.78, 5) is 4.74. The summed E-state index contributed by atoms with van der Waals surface area (Å²) in [6.07, 6.45) is 2.08. The van der Waals surface area contributed by atoms with Gasteiger partial charge >= 0.3 is 0 Å². The SMILES string of the molecule is CCN(CC)[P+](N)(c1c(C)nc2ccccn12)N(CC)CC. The highest BCUT2D eigenvalue weighted by molar-refractivity contribution is 7.76. The molecule has 0 aliphatic carbocycles. The molecule has 0 amide bonds. The van der Waals surface area contributed by atoms with Crippen molar-refractivity contribution in [3.05, 3.63) is 30.1 Å². The molecular weight excluding hydrogens is 293 g/mol. The number of aromatic nitrogens is 2. The quantitative estimate of drug-likeness (QED) is 0.796. The molecule has 2 N–H and O–H groups in total. The minimum absolute atomic E-state index is 0.941.